The van der Waals surface area contributed by atoms with Crippen molar-refractivity contribution in [1.29, 1.82) is 0 Å². The second kappa shape index (κ2) is 18.0. The van der Waals surface area contributed by atoms with E-state index in [1.807, 2.05) is 0 Å². The van der Waals surface area contributed by atoms with E-state index in [1.54, 1.807) is 18.5 Å². The maximum atomic E-state index is 2.32. The van der Waals surface area contributed by atoms with Crippen molar-refractivity contribution in [3.63, 3.8) is 0 Å². The van der Waals surface area contributed by atoms with Gasteiger partial charge < -0.3 is 5.48 Å². The molecule has 1 N–H and O–H groups in total. The van der Waals surface area contributed by atoms with Crippen molar-refractivity contribution in [2.45, 2.75) is 59.3 Å². The summed E-state index contributed by atoms with van der Waals surface area (Å²) in [6, 6.07) is 0. The van der Waals surface area contributed by atoms with Crippen molar-refractivity contribution in [3.8, 4) is 0 Å². The van der Waals surface area contributed by atoms with Crippen molar-refractivity contribution in [1.82, 2.24) is 0 Å². The van der Waals surface area contributed by atoms with Crippen molar-refractivity contribution < 1.29 is 5.48 Å². The van der Waals surface area contributed by atoms with Crippen LogP contribution in [0.5, 0.6) is 0 Å². The summed E-state index contributed by atoms with van der Waals surface area (Å²) in [5.74, 6) is 0. The summed E-state index contributed by atoms with van der Waals surface area (Å²) in [4.78, 5) is 0. The van der Waals surface area contributed by atoms with Gasteiger partial charge >= 0.3 is 0 Å². The van der Waals surface area contributed by atoms with Crippen LogP contribution in [0, 0.1) is 0 Å². The third-order valence-corrected chi connectivity index (χ3v) is 5.83. The normalized spacial score (nSPS) is 9.60. The van der Waals surface area contributed by atoms with Crippen LogP contribution in [-0.4, -0.2) is 61.7 Å². The van der Waals surface area contributed by atoms with Crippen LogP contribution in [0.2, 0.25) is 0 Å². The molecule has 0 aromatic carbocycles. The minimum Gasteiger partial charge on any atom is -0.870 e. The largest absolute Gasteiger partial charge is 0.870 e. The molecule has 0 aliphatic carbocycles. The second-order valence-electron chi connectivity index (χ2n) is 4.06. The Hall–Kier alpha value is 1.65. The molecule has 0 saturated heterocycles. The van der Waals surface area contributed by atoms with Crippen LogP contribution in [0.25, 0.3) is 0 Å². The first kappa shape index (κ1) is 21.9. The van der Waals surface area contributed by atoms with Gasteiger partial charge in [-0.3, -0.25) is 0 Å². The standard InChI is InChI=1S/C12H27P.Ca.H2O/c1-4-7-10-13(11-8-5-2)12-9-6-3;;/h4-12H2,1-3H3;;1H2. The molecule has 0 unspecified atom stereocenters. The minimum atomic E-state index is 0. The third kappa shape index (κ3) is 15.6. The van der Waals surface area contributed by atoms with Crippen molar-refractivity contribution in [2.24, 2.45) is 0 Å². The zero-order valence-corrected chi connectivity index (χ0v) is 14.2. The molecule has 90 valence electrons. The molecule has 1 nitrogen and oxygen atoms in total. The monoisotopic (exact) mass is 260 g/mol. The Morgan fingerprint density at radius 3 is 1.13 bits per heavy atom. The van der Waals surface area contributed by atoms with Crippen LogP contribution >= 0.6 is 7.92 Å². The van der Waals surface area contributed by atoms with E-state index in [0.29, 0.717) is 0 Å². The zero-order valence-electron chi connectivity index (χ0n) is 11.0. The summed E-state index contributed by atoms with van der Waals surface area (Å²) < 4.78 is 0. The smallest absolute Gasteiger partial charge is 0.0571 e. The van der Waals surface area contributed by atoms with Gasteiger partial charge in [0, 0.05) is 45.7 Å². The fraction of sp³-hybridized carbons (Fsp3) is 1.00. The van der Waals surface area contributed by atoms with E-state index >= 15 is 0 Å². The molecular weight excluding hydrogens is 231 g/mol. The molecule has 0 bridgehead atoms. The molecule has 2 radical (unpaired) electrons. The molecule has 0 spiro atoms. The van der Waals surface area contributed by atoms with Crippen molar-refractivity contribution in [2.75, 3.05) is 18.5 Å². The van der Waals surface area contributed by atoms with Crippen LogP contribution in [0.15, 0.2) is 0 Å². The molecule has 0 fully saturated rings. The molecule has 0 aromatic rings. The van der Waals surface area contributed by atoms with Gasteiger partial charge in [0.25, 0.3) is 0 Å². The SMILES string of the molecule is CCCC[PH+](CCCC)CCCC.[Ca].[OH-]. The van der Waals surface area contributed by atoms with Crippen LogP contribution in [0.1, 0.15) is 59.3 Å². The van der Waals surface area contributed by atoms with E-state index in [1.165, 1.54) is 38.5 Å². The Kier molecular flexibility index (Phi) is 26.3. The number of rotatable bonds is 9. The summed E-state index contributed by atoms with van der Waals surface area (Å²) in [6.07, 6.45) is 13.4. The molecule has 0 aliphatic heterocycles. The van der Waals surface area contributed by atoms with E-state index in [2.05, 4.69) is 20.8 Å². The maximum Gasteiger partial charge on any atom is 0.0571 e. The Balaban J connectivity index is -0.000000720. The molecule has 0 amide bonds. The number of hydrogen-bond acceptors (Lipinski definition) is 1. The van der Waals surface area contributed by atoms with Crippen molar-refractivity contribution in [3.05, 3.63) is 0 Å². The summed E-state index contributed by atoms with van der Waals surface area (Å²) in [7, 11) is 0.0675. The van der Waals surface area contributed by atoms with Gasteiger partial charge in [-0.25, -0.2) is 0 Å². The van der Waals surface area contributed by atoms with Gasteiger partial charge in [0.05, 0.1) is 18.5 Å². The topological polar surface area (TPSA) is 30.0 Å². The van der Waals surface area contributed by atoms with Gasteiger partial charge in [0.1, 0.15) is 0 Å². The molecule has 0 rings (SSSR count). The quantitative estimate of drug-likeness (QED) is 0.454. The molecule has 0 saturated carbocycles. The van der Waals surface area contributed by atoms with E-state index in [9.17, 15) is 0 Å². The average molecular weight is 260 g/mol. The van der Waals surface area contributed by atoms with E-state index in [0.717, 1.165) is 0 Å². The Morgan fingerprint density at radius 1 is 0.667 bits per heavy atom. The number of hydrogen-bond donors (Lipinski definition) is 0. The first-order chi connectivity index (χ1) is 6.35. The predicted octanol–water partition coefficient (Wildman–Crippen LogP) is 4.04. The van der Waals surface area contributed by atoms with E-state index in [4.69, 9.17) is 0 Å². The molecule has 0 heterocycles. The van der Waals surface area contributed by atoms with Crippen LogP contribution < -0.4 is 0 Å². The fourth-order valence-electron chi connectivity index (χ4n) is 1.66. The Morgan fingerprint density at radius 2 is 0.933 bits per heavy atom. The van der Waals surface area contributed by atoms with Gasteiger partial charge in [0.15, 0.2) is 0 Å². The Bertz CT molecular complexity index is 82.6. The minimum absolute atomic E-state index is 0. The predicted molar refractivity (Wildman–Crippen MR) is 75.3 cm³/mol. The molecule has 0 aromatic heterocycles. The summed E-state index contributed by atoms with van der Waals surface area (Å²) >= 11 is 0. The molecule has 15 heavy (non-hydrogen) atoms. The van der Waals surface area contributed by atoms with E-state index in [-0.39, 0.29) is 51.1 Å². The van der Waals surface area contributed by atoms with Gasteiger partial charge in [-0.05, 0) is 19.3 Å². The van der Waals surface area contributed by atoms with Crippen LogP contribution in [-0.2, 0) is 0 Å². The molecular formula is C12H29CaOP. The van der Waals surface area contributed by atoms with E-state index < -0.39 is 0 Å². The molecule has 0 aliphatic rings. The average Bonchev–Trinajstić information content (AvgIpc) is 2.17. The van der Waals surface area contributed by atoms with Gasteiger partial charge in [-0.15, -0.1) is 0 Å². The summed E-state index contributed by atoms with van der Waals surface area (Å²) in [5.41, 5.74) is 0. The second-order valence-corrected chi connectivity index (χ2v) is 7.06. The molecule has 3 heteroatoms. The zero-order chi connectivity index (χ0) is 9.94. The summed E-state index contributed by atoms with van der Waals surface area (Å²) in [5, 5.41) is 0. The Labute approximate surface area is 128 Å². The third-order valence-electron chi connectivity index (χ3n) is 2.65. The van der Waals surface area contributed by atoms with Gasteiger partial charge in [-0.2, -0.15) is 0 Å². The summed E-state index contributed by atoms with van der Waals surface area (Å²) in [6.45, 7) is 6.96. The van der Waals surface area contributed by atoms with Gasteiger partial charge in [-0.1, -0.05) is 40.0 Å². The fourth-order valence-corrected chi connectivity index (χ4v) is 4.97. The first-order valence-electron chi connectivity index (χ1n) is 6.18. The van der Waals surface area contributed by atoms with Crippen LogP contribution in [0.3, 0.4) is 0 Å². The molecule has 0 atom stereocenters. The van der Waals surface area contributed by atoms with Crippen LogP contribution in [0.4, 0.5) is 0 Å². The van der Waals surface area contributed by atoms with Gasteiger partial charge in [0.2, 0.25) is 0 Å². The maximum absolute atomic E-state index is 2.32. The first-order valence-corrected chi connectivity index (χ1v) is 8.30. The van der Waals surface area contributed by atoms with Crippen molar-refractivity contribution >= 4 is 45.7 Å². The number of unbranched alkanes of at least 4 members (excludes halogenated alkanes) is 3.